The van der Waals surface area contributed by atoms with Crippen LogP contribution < -0.4 is 10.7 Å². The van der Waals surface area contributed by atoms with Gasteiger partial charge in [0.25, 0.3) is 0 Å². The number of carbonyl (C=O) groups excluding carboxylic acids is 1. The van der Waals surface area contributed by atoms with Gasteiger partial charge in [-0.15, -0.1) is 0 Å². The summed E-state index contributed by atoms with van der Waals surface area (Å²) < 4.78 is 0.847. The van der Waals surface area contributed by atoms with Crippen molar-refractivity contribution in [2.24, 2.45) is 11.0 Å². The summed E-state index contributed by atoms with van der Waals surface area (Å²) in [5.74, 6) is 0.238. The Hall–Kier alpha value is -1.62. The van der Waals surface area contributed by atoms with Gasteiger partial charge in [0.1, 0.15) is 0 Å². The van der Waals surface area contributed by atoms with Gasteiger partial charge in [-0.3, -0.25) is 10.2 Å². The lowest BCUT2D eigenvalue weighted by atomic mass is 9.93. The standard InChI is InChI=1S/C14H16BrN3O/c1-8-6-9(2)17-18-14(8)11-4-5-13(12(15)7-11)16-10(3)19/h4-5,7-8,17H,2,6H2,1,3H3,(H,16,19)/t8-/m1/s1. The van der Waals surface area contributed by atoms with E-state index in [-0.39, 0.29) is 5.91 Å². The first-order valence-electron chi connectivity index (χ1n) is 6.06. The van der Waals surface area contributed by atoms with E-state index in [1.807, 2.05) is 18.2 Å². The summed E-state index contributed by atoms with van der Waals surface area (Å²) >= 11 is 3.47. The Labute approximate surface area is 121 Å². The first-order valence-corrected chi connectivity index (χ1v) is 6.85. The Morgan fingerprint density at radius 2 is 2.32 bits per heavy atom. The molecule has 4 nitrogen and oxygen atoms in total. The molecule has 0 aromatic heterocycles. The second-order valence-corrected chi connectivity index (χ2v) is 5.55. The number of allylic oxidation sites excluding steroid dienone is 1. The minimum Gasteiger partial charge on any atom is -0.325 e. The van der Waals surface area contributed by atoms with Crippen molar-refractivity contribution in [2.75, 3.05) is 5.32 Å². The first kappa shape index (κ1) is 13.8. The maximum Gasteiger partial charge on any atom is 0.221 e. The highest BCUT2D eigenvalue weighted by Crippen LogP contribution is 2.27. The number of nitrogens with zero attached hydrogens (tertiary/aromatic N) is 1. The van der Waals surface area contributed by atoms with Crippen molar-refractivity contribution in [1.82, 2.24) is 5.43 Å². The van der Waals surface area contributed by atoms with Crippen LogP contribution >= 0.6 is 15.9 Å². The zero-order valence-electron chi connectivity index (χ0n) is 11.0. The normalized spacial score (nSPS) is 18.6. The Morgan fingerprint density at radius 1 is 1.58 bits per heavy atom. The van der Waals surface area contributed by atoms with Crippen molar-refractivity contribution in [3.63, 3.8) is 0 Å². The summed E-state index contributed by atoms with van der Waals surface area (Å²) in [5.41, 5.74) is 6.67. The summed E-state index contributed by atoms with van der Waals surface area (Å²) in [4.78, 5) is 11.1. The Morgan fingerprint density at radius 3 is 2.89 bits per heavy atom. The average Bonchev–Trinajstić information content (AvgIpc) is 2.31. The molecule has 0 bridgehead atoms. The molecule has 1 aliphatic rings. The molecule has 0 spiro atoms. The van der Waals surface area contributed by atoms with Gasteiger partial charge in [-0.25, -0.2) is 0 Å². The van der Waals surface area contributed by atoms with E-state index >= 15 is 0 Å². The zero-order chi connectivity index (χ0) is 14.0. The van der Waals surface area contributed by atoms with Gasteiger partial charge >= 0.3 is 0 Å². The maximum absolute atomic E-state index is 11.1. The molecule has 2 N–H and O–H groups in total. The SMILES string of the molecule is C=C1C[C@@H](C)C(c2ccc(NC(C)=O)c(Br)c2)=NN1. The molecule has 0 saturated heterocycles. The second kappa shape index (κ2) is 5.57. The van der Waals surface area contributed by atoms with Crippen molar-refractivity contribution in [2.45, 2.75) is 20.3 Å². The van der Waals surface area contributed by atoms with E-state index in [0.717, 1.165) is 33.6 Å². The van der Waals surface area contributed by atoms with Crippen LogP contribution in [0.15, 0.2) is 40.0 Å². The summed E-state index contributed by atoms with van der Waals surface area (Å²) in [7, 11) is 0. The molecule has 100 valence electrons. The summed E-state index contributed by atoms with van der Waals surface area (Å²) in [5, 5.41) is 7.12. The molecule has 0 fully saturated rings. The number of amides is 1. The predicted octanol–water partition coefficient (Wildman–Crippen LogP) is 3.25. The van der Waals surface area contributed by atoms with Crippen LogP contribution in [0.3, 0.4) is 0 Å². The average molecular weight is 322 g/mol. The number of hydrazone groups is 1. The monoisotopic (exact) mass is 321 g/mol. The Bertz CT molecular complexity index is 566. The molecular formula is C14H16BrN3O. The molecule has 1 amide bonds. The molecule has 5 heteroatoms. The lowest BCUT2D eigenvalue weighted by Crippen LogP contribution is -2.25. The van der Waals surface area contributed by atoms with Gasteiger partial charge in [-0.2, -0.15) is 5.10 Å². The van der Waals surface area contributed by atoms with E-state index in [1.54, 1.807) is 0 Å². The summed E-state index contributed by atoms with van der Waals surface area (Å²) in [6.07, 6.45) is 0.879. The van der Waals surface area contributed by atoms with E-state index in [4.69, 9.17) is 0 Å². The zero-order valence-corrected chi connectivity index (χ0v) is 12.5. The third-order valence-electron chi connectivity index (χ3n) is 2.93. The van der Waals surface area contributed by atoms with Crippen molar-refractivity contribution >= 4 is 33.2 Å². The van der Waals surface area contributed by atoms with E-state index in [9.17, 15) is 4.79 Å². The van der Waals surface area contributed by atoms with Gasteiger partial charge in [0, 0.05) is 23.0 Å². The molecule has 1 heterocycles. The first-order chi connectivity index (χ1) is 8.97. The fraction of sp³-hybridized carbons (Fsp3) is 0.286. The van der Waals surface area contributed by atoms with Crippen LogP contribution in [0.1, 0.15) is 25.8 Å². The molecule has 2 rings (SSSR count). The van der Waals surface area contributed by atoms with Crippen molar-refractivity contribution in [1.29, 1.82) is 0 Å². The van der Waals surface area contributed by atoms with Crippen LogP contribution in [-0.4, -0.2) is 11.6 Å². The van der Waals surface area contributed by atoms with Crippen molar-refractivity contribution in [3.05, 3.63) is 40.5 Å². The molecule has 1 aromatic carbocycles. The van der Waals surface area contributed by atoms with Crippen molar-refractivity contribution in [3.8, 4) is 0 Å². The molecule has 0 radical (unpaired) electrons. The highest BCUT2D eigenvalue weighted by atomic mass is 79.9. The third kappa shape index (κ3) is 3.23. The molecular weight excluding hydrogens is 306 g/mol. The van der Waals surface area contributed by atoms with E-state index in [2.05, 4.69) is 45.3 Å². The van der Waals surface area contributed by atoms with Crippen LogP contribution in [0, 0.1) is 5.92 Å². The fourth-order valence-electron chi connectivity index (χ4n) is 2.08. The summed E-state index contributed by atoms with van der Waals surface area (Å²) in [6, 6.07) is 5.80. The molecule has 1 atom stereocenters. The van der Waals surface area contributed by atoms with E-state index in [0.29, 0.717) is 5.92 Å². The summed E-state index contributed by atoms with van der Waals surface area (Å²) in [6.45, 7) is 7.50. The largest absolute Gasteiger partial charge is 0.325 e. The third-order valence-corrected chi connectivity index (χ3v) is 3.59. The Balaban J connectivity index is 2.29. The fourth-order valence-corrected chi connectivity index (χ4v) is 2.55. The second-order valence-electron chi connectivity index (χ2n) is 4.69. The van der Waals surface area contributed by atoms with Gasteiger partial charge in [-0.05, 0) is 40.0 Å². The van der Waals surface area contributed by atoms with Crippen LogP contribution in [0.25, 0.3) is 0 Å². The van der Waals surface area contributed by atoms with Crippen LogP contribution in [0.4, 0.5) is 5.69 Å². The quantitative estimate of drug-likeness (QED) is 0.878. The van der Waals surface area contributed by atoms with Crippen molar-refractivity contribution < 1.29 is 4.79 Å². The minimum absolute atomic E-state index is 0.0882. The molecule has 0 saturated carbocycles. The molecule has 0 aliphatic carbocycles. The Kier molecular flexibility index (Phi) is 4.04. The molecule has 19 heavy (non-hydrogen) atoms. The number of benzene rings is 1. The van der Waals surface area contributed by atoms with Gasteiger partial charge in [0.2, 0.25) is 5.91 Å². The molecule has 1 aliphatic heterocycles. The minimum atomic E-state index is -0.0882. The van der Waals surface area contributed by atoms with Gasteiger partial charge in [0.15, 0.2) is 0 Å². The lowest BCUT2D eigenvalue weighted by molar-refractivity contribution is -0.114. The van der Waals surface area contributed by atoms with E-state index in [1.165, 1.54) is 6.92 Å². The van der Waals surface area contributed by atoms with Gasteiger partial charge in [0.05, 0.1) is 11.4 Å². The van der Waals surface area contributed by atoms with Crippen LogP contribution in [0.2, 0.25) is 0 Å². The number of halogens is 1. The topological polar surface area (TPSA) is 53.5 Å². The number of nitrogens with one attached hydrogen (secondary N) is 2. The molecule has 0 unspecified atom stereocenters. The highest BCUT2D eigenvalue weighted by Gasteiger charge is 2.19. The number of rotatable bonds is 2. The smallest absolute Gasteiger partial charge is 0.221 e. The highest BCUT2D eigenvalue weighted by molar-refractivity contribution is 9.10. The van der Waals surface area contributed by atoms with Crippen LogP contribution in [-0.2, 0) is 4.79 Å². The number of anilines is 1. The van der Waals surface area contributed by atoms with Gasteiger partial charge < -0.3 is 5.32 Å². The van der Waals surface area contributed by atoms with Crippen LogP contribution in [0.5, 0.6) is 0 Å². The number of hydrogen-bond donors (Lipinski definition) is 2. The number of carbonyl (C=O) groups is 1. The molecule has 1 aromatic rings. The predicted molar refractivity (Wildman–Crippen MR) is 81.0 cm³/mol. The lowest BCUT2D eigenvalue weighted by Gasteiger charge is -2.22. The number of hydrogen-bond acceptors (Lipinski definition) is 3. The van der Waals surface area contributed by atoms with Gasteiger partial charge in [-0.1, -0.05) is 19.6 Å². The maximum atomic E-state index is 11.1. The van der Waals surface area contributed by atoms with E-state index < -0.39 is 0 Å².